The molecule has 1 aliphatic heterocycles. The van der Waals surface area contributed by atoms with E-state index in [9.17, 15) is 14.3 Å². The summed E-state index contributed by atoms with van der Waals surface area (Å²) in [5.41, 5.74) is 1.34. The maximum absolute atomic E-state index is 13.4. The van der Waals surface area contributed by atoms with Gasteiger partial charge >= 0.3 is 0 Å². The first-order chi connectivity index (χ1) is 13.1. The normalized spacial score (nSPS) is 14.7. The first-order valence-electron chi connectivity index (χ1n) is 8.68. The number of rotatable bonds is 4. The zero-order valence-electron chi connectivity index (χ0n) is 14.5. The van der Waals surface area contributed by atoms with Gasteiger partial charge < -0.3 is 10.0 Å². The number of aliphatic hydroxyl groups excluding tert-OH is 1. The fourth-order valence-electron chi connectivity index (χ4n) is 3.24. The van der Waals surface area contributed by atoms with Gasteiger partial charge in [-0.2, -0.15) is 0 Å². The van der Waals surface area contributed by atoms with Gasteiger partial charge in [0.25, 0.3) is 5.56 Å². The van der Waals surface area contributed by atoms with Crippen molar-refractivity contribution >= 4 is 5.95 Å². The van der Waals surface area contributed by atoms with Gasteiger partial charge in [0.15, 0.2) is 0 Å². The Labute approximate surface area is 154 Å². The van der Waals surface area contributed by atoms with Crippen LogP contribution in [-0.4, -0.2) is 37.7 Å². The predicted molar refractivity (Wildman–Crippen MR) is 97.7 cm³/mol. The van der Waals surface area contributed by atoms with Crippen molar-refractivity contribution in [1.29, 1.82) is 0 Å². The number of fused-ring (bicyclic) bond motifs is 1. The van der Waals surface area contributed by atoms with Crippen molar-refractivity contribution in [3.63, 3.8) is 0 Å². The summed E-state index contributed by atoms with van der Waals surface area (Å²) in [7, 11) is 0. The summed E-state index contributed by atoms with van der Waals surface area (Å²) in [5.74, 6) is 0.0869. The smallest absolute Gasteiger partial charge is 0.255 e. The number of β-amino-alcohol motifs (C(OH)–C–C–N with tert-alkyl or cyclic N) is 1. The van der Waals surface area contributed by atoms with E-state index in [0.717, 1.165) is 6.42 Å². The molecule has 0 bridgehead atoms. The molecule has 0 saturated carbocycles. The highest BCUT2D eigenvalue weighted by molar-refractivity contribution is 5.55. The molecule has 0 saturated heterocycles. The molecule has 1 aromatic carbocycles. The Morgan fingerprint density at radius 2 is 2.07 bits per heavy atom. The number of nitrogens with zero attached hydrogens (tertiary/aromatic N) is 5. The highest BCUT2D eigenvalue weighted by atomic mass is 19.1. The Hall–Kier alpha value is -3.13. The second-order valence-electron chi connectivity index (χ2n) is 6.40. The highest BCUT2D eigenvalue weighted by Crippen LogP contribution is 2.23. The molecular formula is C19H18FN5O2. The summed E-state index contributed by atoms with van der Waals surface area (Å²) in [6, 6.07) is 9.03. The average molecular weight is 367 g/mol. The number of anilines is 1. The van der Waals surface area contributed by atoms with Crippen LogP contribution in [0.25, 0.3) is 11.4 Å². The van der Waals surface area contributed by atoms with E-state index in [2.05, 4.69) is 15.0 Å². The van der Waals surface area contributed by atoms with Crippen LogP contribution in [0.1, 0.15) is 18.1 Å². The van der Waals surface area contributed by atoms with Gasteiger partial charge in [-0.25, -0.2) is 19.3 Å². The van der Waals surface area contributed by atoms with Crippen LogP contribution in [0, 0.1) is 5.82 Å². The van der Waals surface area contributed by atoms with Gasteiger partial charge in [-0.1, -0.05) is 12.1 Å². The molecule has 138 valence electrons. The summed E-state index contributed by atoms with van der Waals surface area (Å²) >= 11 is 0. The molecule has 1 N–H and O–H groups in total. The van der Waals surface area contributed by atoms with Crippen molar-refractivity contribution < 1.29 is 9.50 Å². The first-order valence-corrected chi connectivity index (χ1v) is 8.68. The van der Waals surface area contributed by atoms with E-state index >= 15 is 0 Å². The summed E-state index contributed by atoms with van der Waals surface area (Å²) < 4.78 is 15.0. The summed E-state index contributed by atoms with van der Waals surface area (Å²) in [6.45, 7) is 1.42. The van der Waals surface area contributed by atoms with E-state index < -0.39 is 11.9 Å². The lowest BCUT2D eigenvalue weighted by Gasteiger charge is -2.32. The summed E-state index contributed by atoms with van der Waals surface area (Å²) in [6.07, 6.45) is 2.86. The number of aromatic nitrogens is 4. The minimum atomic E-state index is -0.896. The molecule has 4 rings (SSSR count). The molecule has 3 aromatic rings. The molecule has 0 amide bonds. The Balaban J connectivity index is 1.68. The van der Waals surface area contributed by atoms with Crippen LogP contribution in [0.5, 0.6) is 0 Å². The van der Waals surface area contributed by atoms with Crippen LogP contribution in [0.2, 0.25) is 0 Å². The maximum atomic E-state index is 13.4. The number of hydrogen-bond acceptors (Lipinski definition) is 6. The second-order valence-corrected chi connectivity index (χ2v) is 6.40. The molecule has 8 heteroatoms. The van der Waals surface area contributed by atoms with Gasteiger partial charge in [-0.05, 0) is 30.2 Å². The number of aliphatic hydroxyl groups is 1. The molecule has 1 unspecified atom stereocenters. The molecule has 3 heterocycles. The quantitative estimate of drug-likeness (QED) is 0.757. The zero-order valence-corrected chi connectivity index (χ0v) is 14.5. The summed E-state index contributed by atoms with van der Waals surface area (Å²) in [4.78, 5) is 27.0. The van der Waals surface area contributed by atoms with Gasteiger partial charge in [0.2, 0.25) is 5.95 Å². The predicted octanol–water partition coefficient (Wildman–Crippen LogP) is 1.78. The van der Waals surface area contributed by atoms with Crippen molar-refractivity contribution in [1.82, 2.24) is 19.5 Å². The highest BCUT2D eigenvalue weighted by Gasteiger charge is 2.23. The number of hydrogen-bond donors (Lipinski definition) is 1. The van der Waals surface area contributed by atoms with Crippen LogP contribution < -0.4 is 10.5 Å². The Kier molecular flexibility index (Phi) is 4.64. The van der Waals surface area contributed by atoms with Crippen molar-refractivity contribution in [2.45, 2.75) is 19.1 Å². The van der Waals surface area contributed by atoms with Gasteiger partial charge in [0, 0.05) is 25.4 Å². The molecular weight excluding hydrogens is 349 g/mol. The Bertz CT molecular complexity index is 1010. The molecule has 0 fully saturated rings. The lowest BCUT2D eigenvalue weighted by molar-refractivity contribution is 0.180. The van der Waals surface area contributed by atoms with Gasteiger partial charge in [-0.3, -0.25) is 9.36 Å². The topological polar surface area (TPSA) is 84.1 Å². The molecule has 0 aliphatic carbocycles. The van der Waals surface area contributed by atoms with Gasteiger partial charge in [-0.15, -0.1) is 0 Å². The molecule has 1 aliphatic rings. The van der Waals surface area contributed by atoms with Crippen molar-refractivity contribution in [2.75, 3.05) is 18.0 Å². The number of halogens is 1. The van der Waals surface area contributed by atoms with E-state index in [0.29, 0.717) is 36.0 Å². The van der Waals surface area contributed by atoms with Crippen LogP contribution in [0.3, 0.4) is 0 Å². The monoisotopic (exact) mass is 367 g/mol. The van der Waals surface area contributed by atoms with E-state index in [1.165, 1.54) is 24.5 Å². The minimum absolute atomic E-state index is 0.168. The van der Waals surface area contributed by atoms with Crippen LogP contribution in [-0.2, 0) is 6.54 Å². The van der Waals surface area contributed by atoms with Crippen LogP contribution in [0.15, 0.2) is 53.7 Å². The molecule has 7 nitrogen and oxygen atoms in total. The fourth-order valence-corrected chi connectivity index (χ4v) is 3.24. The third kappa shape index (κ3) is 3.56. The van der Waals surface area contributed by atoms with Crippen LogP contribution >= 0.6 is 0 Å². The lowest BCUT2D eigenvalue weighted by Crippen LogP contribution is -2.40. The zero-order chi connectivity index (χ0) is 18.8. The van der Waals surface area contributed by atoms with Gasteiger partial charge in [0.05, 0.1) is 24.0 Å². The second kappa shape index (κ2) is 7.24. The van der Waals surface area contributed by atoms with Crippen molar-refractivity contribution in [3.8, 4) is 11.4 Å². The standard InChI is InChI=1S/C19H18FN5O2/c20-14-4-1-3-13(9-14)17(26)11-24-7-2-8-25-18(27)10-16(23-19(24)25)15-5-6-21-12-22-15/h1,3-6,9-10,12,17,26H,2,7-8,11H2. The molecule has 2 aromatic heterocycles. The third-order valence-electron chi connectivity index (χ3n) is 4.55. The van der Waals surface area contributed by atoms with Crippen LogP contribution in [0.4, 0.5) is 10.3 Å². The van der Waals surface area contributed by atoms with Crippen molar-refractivity contribution in [3.05, 3.63) is 70.7 Å². The Morgan fingerprint density at radius 3 is 2.85 bits per heavy atom. The lowest BCUT2D eigenvalue weighted by atomic mass is 10.1. The maximum Gasteiger partial charge on any atom is 0.255 e. The van der Waals surface area contributed by atoms with Crippen molar-refractivity contribution in [2.24, 2.45) is 0 Å². The molecule has 0 spiro atoms. The minimum Gasteiger partial charge on any atom is -0.387 e. The fraction of sp³-hybridized carbons (Fsp3) is 0.263. The average Bonchev–Trinajstić information content (AvgIpc) is 2.69. The molecule has 27 heavy (non-hydrogen) atoms. The third-order valence-corrected chi connectivity index (χ3v) is 4.55. The van der Waals surface area contributed by atoms with E-state index in [4.69, 9.17) is 0 Å². The molecule has 1 atom stereocenters. The van der Waals surface area contributed by atoms with E-state index in [-0.39, 0.29) is 12.1 Å². The largest absolute Gasteiger partial charge is 0.387 e. The van der Waals surface area contributed by atoms with E-state index in [1.807, 2.05) is 4.90 Å². The SMILES string of the molecule is O=c1cc(-c2ccncn2)nc2n1CCCN2CC(O)c1cccc(F)c1. The number of benzene rings is 1. The first kappa shape index (κ1) is 17.3. The van der Waals surface area contributed by atoms with Gasteiger partial charge in [0.1, 0.15) is 12.1 Å². The Morgan fingerprint density at radius 1 is 1.19 bits per heavy atom. The van der Waals surface area contributed by atoms with E-state index in [1.54, 1.807) is 29.0 Å². The molecule has 0 radical (unpaired) electrons. The summed E-state index contributed by atoms with van der Waals surface area (Å²) in [5, 5.41) is 10.5.